The van der Waals surface area contributed by atoms with E-state index in [-0.39, 0.29) is 0 Å². The highest BCUT2D eigenvalue weighted by Crippen LogP contribution is 2.23. The predicted molar refractivity (Wildman–Crippen MR) is 73.7 cm³/mol. The zero-order valence-corrected chi connectivity index (χ0v) is 12.0. The first kappa shape index (κ1) is 15.3. The lowest BCUT2D eigenvalue weighted by atomic mass is 10.1. The van der Waals surface area contributed by atoms with Gasteiger partial charge in [-0.25, -0.2) is 0 Å². The molecule has 0 spiro atoms. The van der Waals surface area contributed by atoms with Crippen LogP contribution in [0.15, 0.2) is 0 Å². The highest BCUT2D eigenvalue weighted by molar-refractivity contribution is 7.99. The number of rotatable bonds is 9. The Bertz CT molecular complexity index is 130. The summed E-state index contributed by atoms with van der Waals surface area (Å²) in [5.41, 5.74) is 0. The molecule has 0 aromatic carbocycles. The average molecular weight is 231 g/mol. The van der Waals surface area contributed by atoms with E-state index in [9.17, 15) is 0 Å². The van der Waals surface area contributed by atoms with E-state index in [4.69, 9.17) is 0 Å². The number of nitrogens with one attached hydrogen (secondary N) is 1. The van der Waals surface area contributed by atoms with Gasteiger partial charge in [0.05, 0.1) is 0 Å². The van der Waals surface area contributed by atoms with Crippen molar-refractivity contribution in [2.75, 3.05) is 12.3 Å². The van der Waals surface area contributed by atoms with Gasteiger partial charge in [0.1, 0.15) is 0 Å². The summed E-state index contributed by atoms with van der Waals surface area (Å²) >= 11 is 2.16. The quantitative estimate of drug-likeness (QED) is 0.645. The molecule has 1 N–H and O–H groups in total. The molecule has 0 aliphatic rings. The smallest absolute Gasteiger partial charge is 0.0198 e. The molecular formula is C13H29NS. The molecule has 0 aliphatic carbocycles. The van der Waals surface area contributed by atoms with Crippen molar-refractivity contribution in [1.29, 1.82) is 0 Å². The molecule has 0 fully saturated rings. The van der Waals surface area contributed by atoms with E-state index in [1.165, 1.54) is 25.0 Å². The predicted octanol–water partition coefficient (Wildman–Crippen LogP) is 3.93. The van der Waals surface area contributed by atoms with Crippen molar-refractivity contribution >= 4 is 11.8 Å². The Morgan fingerprint density at radius 3 is 2.20 bits per heavy atom. The second-order valence-corrected chi connectivity index (χ2v) is 5.90. The normalized spacial score (nSPS) is 15.6. The van der Waals surface area contributed by atoms with Gasteiger partial charge in [-0.3, -0.25) is 0 Å². The number of hydrogen-bond donors (Lipinski definition) is 1. The highest BCUT2D eigenvalue weighted by Gasteiger charge is 2.18. The van der Waals surface area contributed by atoms with Gasteiger partial charge in [-0.2, -0.15) is 11.8 Å². The molecule has 0 saturated carbocycles. The summed E-state index contributed by atoms with van der Waals surface area (Å²) in [6, 6.07) is 0.716. The molecule has 15 heavy (non-hydrogen) atoms. The summed E-state index contributed by atoms with van der Waals surface area (Å²) < 4.78 is 0. The third-order valence-electron chi connectivity index (χ3n) is 2.56. The Morgan fingerprint density at radius 1 is 1.13 bits per heavy atom. The molecule has 0 aromatic heterocycles. The Morgan fingerprint density at radius 2 is 1.80 bits per heavy atom. The monoisotopic (exact) mass is 231 g/mol. The Balaban J connectivity index is 4.05. The molecule has 0 bridgehead atoms. The first-order chi connectivity index (χ1) is 7.15. The van der Waals surface area contributed by atoms with E-state index in [0.717, 1.165) is 17.7 Å². The molecule has 2 atom stereocenters. The maximum absolute atomic E-state index is 3.64. The minimum atomic E-state index is 0.716. The Labute approximate surface area is 101 Å². The molecule has 0 amide bonds. The van der Waals surface area contributed by atoms with Crippen LogP contribution in [0.4, 0.5) is 0 Å². The second-order valence-electron chi connectivity index (χ2n) is 4.63. The fourth-order valence-corrected chi connectivity index (χ4v) is 3.16. The van der Waals surface area contributed by atoms with E-state index in [0.29, 0.717) is 6.04 Å². The van der Waals surface area contributed by atoms with Crippen LogP contribution in [0.25, 0.3) is 0 Å². The van der Waals surface area contributed by atoms with Gasteiger partial charge in [0.25, 0.3) is 0 Å². The van der Waals surface area contributed by atoms with Crippen molar-refractivity contribution < 1.29 is 0 Å². The summed E-state index contributed by atoms with van der Waals surface area (Å²) in [4.78, 5) is 0. The third-order valence-corrected chi connectivity index (χ3v) is 4.51. The summed E-state index contributed by atoms with van der Waals surface area (Å²) in [6.45, 7) is 12.5. The minimum Gasteiger partial charge on any atom is -0.313 e. The van der Waals surface area contributed by atoms with E-state index in [1.54, 1.807) is 0 Å². The van der Waals surface area contributed by atoms with Crippen LogP contribution in [-0.2, 0) is 0 Å². The molecule has 2 heteroatoms. The summed E-state index contributed by atoms with van der Waals surface area (Å²) in [6.07, 6.45) is 3.89. The van der Waals surface area contributed by atoms with Crippen molar-refractivity contribution in [3.05, 3.63) is 0 Å². The van der Waals surface area contributed by atoms with E-state index >= 15 is 0 Å². The maximum atomic E-state index is 3.64. The molecule has 0 aliphatic heterocycles. The van der Waals surface area contributed by atoms with Gasteiger partial charge in [-0.05, 0) is 31.1 Å². The van der Waals surface area contributed by atoms with Crippen LogP contribution in [0.1, 0.15) is 53.9 Å². The molecule has 2 unspecified atom stereocenters. The maximum Gasteiger partial charge on any atom is 0.0198 e. The zero-order chi connectivity index (χ0) is 11.7. The number of thioether (sulfide) groups is 1. The molecule has 0 saturated heterocycles. The Hall–Kier alpha value is 0.310. The van der Waals surface area contributed by atoms with Gasteiger partial charge in [-0.15, -0.1) is 0 Å². The van der Waals surface area contributed by atoms with Gasteiger partial charge in [0.15, 0.2) is 0 Å². The minimum absolute atomic E-state index is 0.716. The van der Waals surface area contributed by atoms with Crippen molar-refractivity contribution in [1.82, 2.24) is 5.32 Å². The second kappa shape index (κ2) is 9.53. The lowest BCUT2D eigenvalue weighted by Crippen LogP contribution is -2.38. The van der Waals surface area contributed by atoms with E-state index in [2.05, 4.69) is 51.7 Å². The van der Waals surface area contributed by atoms with Gasteiger partial charge in [0, 0.05) is 11.3 Å². The van der Waals surface area contributed by atoms with Crippen LogP contribution in [0.3, 0.4) is 0 Å². The average Bonchev–Trinajstić information content (AvgIpc) is 2.19. The summed E-state index contributed by atoms with van der Waals surface area (Å²) in [5.74, 6) is 2.11. The highest BCUT2D eigenvalue weighted by atomic mass is 32.2. The van der Waals surface area contributed by atoms with Gasteiger partial charge in [0.2, 0.25) is 0 Å². The first-order valence-electron chi connectivity index (χ1n) is 6.50. The molecule has 0 radical (unpaired) electrons. The van der Waals surface area contributed by atoms with Crippen molar-refractivity contribution in [2.24, 2.45) is 5.92 Å². The first-order valence-corrected chi connectivity index (χ1v) is 7.55. The van der Waals surface area contributed by atoms with Crippen LogP contribution in [-0.4, -0.2) is 23.6 Å². The molecule has 0 rings (SSSR count). The topological polar surface area (TPSA) is 12.0 Å². The SMILES string of the molecule is CCCC(NCC)C(CC)SCC(C)C. The fourth-order valence-electron chi connectivity index (χ4n) is 1.83. The fraction of sp³-hybridized carbons (Fsp3) is 1.00. The van der Waals surface area contributed by atoms with Crippen LogP contribution < -0.4 is 5.32 Å². The molecule has 0 heterocycles. The van der Waals surface area contributed by atoms with Crippen LogP contribution in [0.2, 0.25) is 0 Å². The standard InChI is InChI=1S/C13H29NS/c1-6-9-12(14-8-3)13(7-2)15-10-11(4)5/h11-14H,6-10H2,1-5H3. The molecule has 0 aromatic rings. The van der Waals surface area contributed by atoms with Gasteiger partial charge >= 0.3 is 0 Å². The van der Waals surface area contributed by atoms with Crippen LogP contribution >= 0.6 is 11.8 Å². The molecule has 1 nitrogen and oxygen atoms in total. The van der Waals surface area contributed by atoms with Crippen molar-refractivity contribution in [3.63, 3.8) is 0 Å². The van der Waals surface area contributed by atoms with E-state index < -0.39 is 0 Å². The van der Waals surface area contributed by atoms with Gasteiger partial charge in [-0.1, -0.05) is 41.0 Å². The van der Waals surface area contributed by atoms with E-state index in [1.807, 2.05) is 0 Å². The van der Waals surface area contributed by atoms with Gasteiger partial charge < -0.3 is 5.32 Å². The summed E-state index contributed by atoms with van der Waals surface area (Å²) in [7, 11) is 0. The van der Waals surface area contributed by atoms with Crippen molar-refractivity contribution in [2.45, 2.75) is 65.2 Å². The largest absolute Gasteiger partial charge is 0.313 e. The van der Waals surface area contributed by atoms with Crippen molar-refractivity contribution in [3.8, 4) is 0 Å². The Kier molecular flexibility index (Phi) is 9.73. The molecular weight excluding hydrogens is 202 g/mol. The summed E-state index contributed by atoms with van der Waals surface area (Å²) in [5, 5.41) is 4.44. The number of hydrogen-bond acceptors (Lipinski definition) is 2. The zero-order valence-electron chi connectivity index (χ0n) is 11.2. The lowest BCUT2D eigenvalue weighted by Gasteiger charge is -2.27. The van der Waals surface area contributed by atoms with Crippen LogP contribution in [0, 0.1) is 5.92 Å². The molecule has 92 valence electrons. The lowest BCUT2D eigenvalue weighted by molar-refractivity contribution is 0.465. The third kappa shape index (κ3) is 7.24. The van der Waals surface area contributed by atoms with Crippen LogP contribution in [0.5, 0.6) is 0 Å².